The second kappa shape index (κ2) is 48.7. The minimum absolute atomic E-state index is 0. The predicted molar refractivity (Wildman–Crippen MR) is 546 cm³/mol. The summed E-state index contributed by atoms with van der Waals surface area (Å²) in [6.07, 6.45) is -0.516. The summed E-state index contributed by atoms with van der Waals surface area (Å²) in [5, 5.41) is 30.3. The van der Waals surface area contributed by atoms with Crippen LogP contribution >= 0.6 is 0 Å². The number of carbonyl (C=O) groups excluding carboxylic acids is 4. The Balaban J connectivity index is 0.000000228. The van der Waals surface area contributed by atoms with Crippen molar-refractivity contribution in [1.29, 1.82) is 0 Å². The number of aliphatic hydroxyl groups is 2. The number of hydrogen-bond donors (Lipinski definition) is 2. The predicted octanol–water partition coefficient (Wildman–Crippen LogP) is 16.3. The molecule has 0 amide bonds. The van der Waals surface area contributed by atoms with Crippen LogP contribution in [0.5, 0.6) is 28.7 Å². The van der Waals surface area contributed by atoms with Crippen molar-refractivity contribution in [3.8, 4) is 62.9 Å². The van der Waals surface area contributed by atoms with Crippen LogP contribution in [0.2, 0.25) is 0 Å². The van der Waals surface area contributed by atoms with Crippen LogP contribution in [0, 0.1) is 90.0 Å². The van der Waals surface area contributed by atoms with E-state index in [1.54, 1.807) is 151 Å². The Morgan fingerprint density at radius 3 is 0.967 bits per heavy atom. The molecule has 0 fully saturated rings. The molecule has 40 heteroatoms. The van der Waals surface area contributed by atoms with Crippen LogP contribution in [0.3, 0.4) is 0 Å². The van der Waals surface area contributed by atoms with Gasteiger partial charge in [0.25, 0.3) is 0 Å². The van der Waals surface area contributed by atoms with Crippen molar-refractivity contribution < 1.29 is 72.0 Å². The third kappa shape index (κ3) is 23.8. The molecule has 1 atom stereocenters. The third-order valence-corrected chi connectivity index (χ3v) is 48.9. The number of ether oxygens (including phenoxy) is 9. The molecular formula is C83H88N6O15S19. The van der Waals surface area contributed by atoms with Crippen molar-refractivity contribution in [1.82, 2.24) is 29.9 Å². The minimum atomic E-state index is -1.23. The number of esters is 3. The van der Waals surface area contributed by atoms with Gasteiger partial charge < -0.3 is 52.8 Å². The number of fused-ring (bicyclic) bond motifs is 6. The van der Waals surface area contributed by atoms with E-state index in [4.69, 9.17) is 52.6 Å². The van der Waals surface area contributed by atoms with Gasteiger partial charge in [0.05, 0.1) is 109 Å². The van der Waals surface area contributed by atoms with E-state index in [-0.39, 0.29) is 36.8 Å². The summed E-state index contributed by atoms with van der Waals surface area (Å²) < 4.78 is 48.6. The molecule has 6 aromatic carbocycles. The van der Waals surface area contributed by atoms with Crippen LogP contribution in [0.4, 0.5) is 0 Å². The van der Waals surface area contributed by atoms with Crippen molar-refractivity contribution in [2.45, 2.75) is 110 Å². The first kappa shape index (κ1) is 103. The molecule has 21 nitrogen and oxygen atoms in total. The molecule has 0 bridgehead atoms. The summed E-state index contributed by atoms with van der Waals surface area (Å²) in [6.45, 7) is 25.7. The average Bonchev–Trinajstić information content (AvgIpc) is 0.750. The Morgan fingerprint density at radius 2 is 0.650 bits per heavy atom. The smallest absolute Gasteiger partial charge is 0.356 e. The first-order chi connectivity index (χ1) is 58.4. The molecule has 2 N–H and O–H groups in total. The highest BCUT2D eigenvalue weighted by atomic mass is 33.4. The molecule has 0 saturated heterocycles. The Morgan fingerprint density at radius 1 is 0.358 bits per heavy atom. The maximum atomic E-state index is 12.5. The number of aryl methyl sites for hydroxylation is 7. The lowest BCUT2D eigenvalue weighted by Crippen LogP contribution is -2.09. The zero-order chi connectivity index (χ0) is 89.7. The number of rotatable bonds is 15. The van der Waals surface area contributed by atoms with Gasteiger partial charge in [-0.15, -0.1) is 0 Å². The number of aliphatic hydroxyl groups excluding tert-OH is 2. The average molecular weight is 2020 g/mol. The van der Waals surface area contributed by atoms with Gasteiger partial charge in [0, 0.05) is 228 Å². The molecule has 0 aliphatic carbocycles. The number of hydrogen-bond acceptors (Lipinski definition) is 25. The minimum Gasteiger partial charge on any atom is -0.496 e. The topological polar surface area (TPSA) is 269 Å². The van der Waals surface area contributed by atoms with Crippen LogP contribution in [-0.4, -0.2) is 128 Å². The van der Waals surface area contributed by atoms with E-state index in [1.165, 1.54) is 64.0 Å². The fourth-order valence-electron chi connectivity index (χ4n) is 13.6. The van der Waals surface area contributed by atoms with Gasteiger partial charge in [-0.2, -0.15) is 0 Å². The van der Waals surface area contributed by atoms with Crippen LogP contribution in [-0.2, 0) is 204 Å². The normalized spacial score (nSPS) is 10.7. The van der Waals surface area contributed by atoms with Gasteiger partial charge >= 0.3 is 17.9 Å². The van der Waals surface area contributed by atoms with Crippen molar-refractivity contribution in [3.05, 3.63) is 179 Å². The largest absolute Gasteiger partial charge is 0.496 e. The van der Waals surface area contributed by atoms with Gasteiger partial charge in [-0.05, 0) is 233 Å². The highest BCUT2D eigenvalue weighted by molar-refractivity contribution is 8.73. The number of aromatic nitrogens is 6. The number of pyridine rings is 6. The Hall–Kier alpha value is -7.08. The number of aldehydes is 1. The molecule has 0 radical (unpaired) electrons. The van der Waals surface area contributed by atoms with Crippen LogP contribution in [0.1, 0.15) is 139 Å². The molecule has 1 unspecified atom stereocenters. The van der Waals surface area contributed by atoms with Gasteiger partial charge in [-0.1, -0.05) is 25.6 Å². The first-order valence-corrected chi connectivity index (χ1v) is 58.5. The molecule has 12 rings (SSSR count). The molecule has 6 heterocycles. The van der Waals surface area contributed by atoms with Crippen molar-refractivity contribution in [3.63, 3.8) is 0 Å². The molecular weight excluding hydrogens is 1930 g/mol. The lowest BCUT2D eigenvalue weighted by molar-refractivity contribution is -0.0787. The Kier molecular flexibility index (Phi) is 40.8. The standard InChI is InChI=1S/C28H30N2O5.C27H28N2O5.C27H26N2O5.CH4.S10.S9/c1-13-9-18-11-21(29-25(28(32)35-8)23(18)17(5)15(13)3)24-19-10-14(2)16(4)26(33-6)20(19)12-22(30-24)27(31)34-7;2*1-13-8-17-10-20(28-22(12-30)23(17)26(33-6)16(13)4)24-18-9-14(2)15(3)25(32-5)19(18)11-21(29-24)27(31)34-7;;1-3-5-7-9-10-8-6-4-2;1-3-5-7-9-8-6-4-2/h9-12,28,32H,1-8H3;8-11,30H,12H2,1-7H3;8-12H,1-7H3;1H4;;. The van der Waals surface area contributed by atoms with Crippen molar-refractivity contribution >= 4 is 267 Å². The monoisotopic (exact) mass is 2020 g/mol. The lowest BCUT2D eigenvalue weighted by atomic mass is 9.93. The van der Waals surface area contributed by atoms with E-state index in [2.05, 4.69) is 77.7 Å². The number of nitrogens with zero attached hydrogens (tertiary/aromatic N) is 6. The number of methoxy groups -OCH3 is 9. The summed E-state index contributed by atoms with van der Waals surface area (Å²) in [7, 11) is 37.0. The van der Waals surface area contributed by atoms with Gasteiger partial charge in [-0.3, -0.25) is 4.79 Å². The van der Waals surface area contributed by atoms with Crippen LogP contribution in [0.15, 0.2) is 72.8 Å². The maximum Gasteiger partial charge on any atom is 0.356 e. The molecule has 654 valence electrons. The van der Waals surface area contributed by atoms with Gasteiger partial charge in [0.15, 0.2) is 12.6 Å². The SMILES string of the molecule is C.COC(=O)c1cc2c(OC)c(C)c(C)cc2c(-c2cc3cc(C)c(C)c(C)c3c(C(O)OC)n2)n1.COC(=O)c1cc2c(OC)c(C)c(C)cc2c(-c2cc3cc(C)c(C)c(OC)c3c(C=O)n2)n1.COC(=O)c1cc2c(OC)c(C)c(C)cc2c(-c2cc3cc(C)c(C)c(OC)c3c(CO)n2)n1.S=S=S=S=S=S=S=S=S.S=S=S=S=S=S=S=S=S=S. The van der Waals surface area contributed by atoms with Gasteiger partial charge in [-0.25, -0.2) is 44.3 Å². The summed E-state index contributed by atoms with van der Waals surface area (Å²) in [6, 6.07) is 22.9. The number of carbonyl (C=O) groups is 4. The van der Waals surface area contributed by atoms with E-state index in [1.807, 2.05) is 132 Å². The second-order valence-corrected chi connectivity index (χ2v) is 53.0. The zero-order valence-electron chi connectivity index (χ0n) is 69.9. The lowest BCUT2D eigenvalue weighted by Gasteiger charge is -2.19. The van der Waals surface area contributed by atoms with Crippen molar-refractivity contribution in [2.75, 3.05) is 64.0 Å². The molecule has 0 aliphatic heterocycles. The zero-order valence-corrected chi connectivity index (χ0v) is 85.4. The van der Waals surface area contributed by atoms with E-state index < -0.39 is 24.2 Å². The molecule has 0 saturated carbocycles. The van der Waals surface area contributed by atoms with Crippen molar-refractivity contribution in [2.24, 2.45) is 0 Å². The molecule has 0 spiro atoms. The third-order valence-electron chi connectivity index (χ3n) is 20.0. The van der Waals surface area contributed by atoms with E-state index in [0.717, 1.165) is 126 Å². The van der Waals surface area contributed by atoms with Gasteiger partial charge in [0.2, 0.25) is 0 Å². The van der Waals surface area contributed by atoms with Gasteiger partial charge in [0.1, 0.15) is 57.2 Å². The summed E-state index contributed by atoms with van der Waals surface area (Å²) >= 11 is 18.6. The molecule has 6 aromatic heterocycles. The first-order valence-electron chi connectivity index (χ1n) is 35.8. The van der Waals surface area contributed by atoms with E-state index >= 15 is 0 Å². The molecule has 0 aliphatic rings. The van der Waals surface area contributed by atoms with Crippen LogP contribution in [0.25, 0.3) is 98.8 Å². The Labute approximate surface area is 776 Å². The summed E-state index contributed by atoms with van der Waals surface area (Å²) in [5.74, 6) is 1.58. The maximum absolute atomic E-state index is 12.5. The summed E-state index contributed by atoms with van der Waals surface area (Å²) in [4.78, 5) is 77.8. The fraction of sp³-hybridized carbons (Fsp3) is 0.301. The second-order valence-electron chi connectivity index (χ2n) is 26.4. The highest BCUT2D eigenvalue weighted by Crippen LogP contribution is 2.45. The molecule has 123 heavy (non-hydrogen) atoms. The highest BCUT2D eigenvalue weighted by Gasteiger charge is 2.28. The quantitative estimate of drug-likeness (QED) is 0.0418. The number of benzene rings is 6. The van der Waals surface area contributed by atoms with E-state index in [9.17, 15) is 29.4 Å². The van der Waals surface area contributed by atoms with Crippen LogP contribution < -0.4 is 23.7 Å². The molecule has 12 aromatic rings. The Bertz CT molecular complexity index is 6940. The fourth-order valence-corrected chi connectivity index (χ4v) is 43.8. The van der Waals surface area contributed by atoms with E-state index in [0.29, 0.717) is 91.4 Å². The summed E-state index contributed by atoms with van der Waals surface area (Å²) in [5.41, 5.74) is 17.7.